The maximum Gasteiger partial charge on any atom is 0.271 e. The lowest BCUT2D eigenvalue weighted by Crippen LogP contribution is -2.23. The number of benzene rings is 2. The Kier molecular flexibility index (Phi) is 11.4. The van der Waals surface area contributed by atoms with E-state index in [1.807, 2.05) is 54.0 Å². The van der Waals surface area contributed by atoms with Gasteiger partial charge in [-0.05, 0) is 49.1 Å². The van der Waals surface area contributed by atoms with E-state index in [0.717, 1.165) is 28.4 Å². The van der Waals surface area contributed by atoms with Crippen LogP contribution in [-0.4, -0.2) is 35.7 Å². The van der Waals surface area contributed by atoms with E-state index in [0.29, 0.717) is 18.7 Å². The van der Waals surface area contributed by atoms with E-state index in [4.69, 9.17) is 0 Å². The molecular weight excluding hydrogens is 463 g/mol. The van der Waals surface area contributed by atoms with Crippen LogP contribution in [0.25, 0.3) is 0 Å². The molecule has 0 radical (unpaired) electrons. The third-order valence-corrected chi connectivity index (χ3v) is 5.82. The number of aliphatic imine (C=N–C) groups is 1. The molecule has 8 heteroatoms. The van der Waals surface area contributed by atoms with Crippen molar-refractivity contribution >= 4 is 54.1 Å². The number of nitrogens with zero attached hydrogens (tertiary/aromatic N) is 3. The first-order valence-corrected chi connectivity index (χ1v) is 10.9. The van der Waals surface area contributed by atoms with Crippen molar-refractivity contribution in [2.24, 2.45) is 4.99 Å². The van der Waals surface area contributed by atoms with E-state index in [1.165, 1.54) is 22.5 Å². The zero-order valence-corrected chi connectivity index (χ0v) is 21.2. The van der Waals surface area contributed by atoms with Crippen molar-refractivity contribution in [1.82, 2.24) is 15.2 Å². The Bertz CT molecular complexity index is 1040. The number of hydrogen-bond acceptors (Lipinski definition) is 4. The Balaban J connectivity index is 0.00000256. The van der Waals surface area contributed by atoms with E-state index >= 15 is 0 Å². The maximum atomic E-state index is 12.4. The van der Waals surface area contributed by atoms with Gasteiger partial charge in [0.25, 0.3) is 5.91 Å². The van der Waals surface area contributed by atoms with Gasteiger partial charge >= 0.3 is 0 Å². The first-order chi connectivity index (χ1) is 14.5. The van der Waals surface area contributed by atoms with Crippen LogP contribution in [0.5, 0.6) is 0 Å². The molecule has 0 atom stereocenters. The minimum Gasteiger partial charge on any atom is -0.366 e. The molecule has 1 heterocycles. The highest BCUT2D eigenvalue weighted by molar-refractivity contribution is 7.09. The van der Waals surface area contributed by atoms with Crippen molar-refractivity contribution in [3.8, 4) is 0 Å². The Morgan fingerprint density at radius 1 is 1.16 bits per heavy atom. The lowest BCUT2D eigenvalue weighted by atomic mass is 10.0. The van der Waals surface area contributed by atoms with Gasteiger partial charge in [0.15, 0.2) is 0 Å². The normalized spacial score (nSPS) is 10.4. The number of nitrogens with one attached hydrogen (secondary N) is 1. The topological polar surface area (TPSA) is 57.6 Å². The molecule has 1 N–H and O–H groups in total. The predicted octanol–water partition coefficient (Wildman–Crippen LogP) is 5.74. The molecular formula is C24H30Cl2N4OS. The first-order valence-electron chi connectivity index (χ1n) is 10.1. The zero-order chi connectivity index (χ0) is 21.5. The molecule has 5 nitrogen and oxygen atoms in total. The molecule has 0 fully saturated rings. The number of rotatable bonds is 8. The summed E-state index contributed by atoms with van der Waals surface area (Å²) in [6, 6.07) is 14.2. The average Bonchev–Trinajstić information content (AvgIpc) is 3.22. The first kappa shape index (κ1) is 27.6. The summed E-state index contributed by atoms with van der Waals surface area (Å²) < 4.78 is 0. The van der Waals surface area contributed by atoms with E-state index in [-0.39, 0.29) is 30.7 Å². The fourth-order valence-electron chi connectivity index (χ4n) is 2.96. The number of amides is 1. The third-order valence-electron chi connectivity index (χ3n) is 4.97. The molecule has 3 aromatic rings. The molecule has 0 aliphatic rings. The van der Waals surface area contributed by atoms with Gasteiger partial charge in [-0.1, -0.05) is 36.4 Å². The van der Waals surface area contributed by atoms with Crippen LogP contribution in [0, 0.1) is 13.8 Å². The molecule has 0 bridgehead atoms. The number of thiazole rings is 1. The lowest BCUT2D eigenvalue weighted by Gasteiger charge is -2.11. The molecule has 32 heavy (non-hydrogen) atoms. The van der Waals surface area contributed by atoms with Gasteiger partial charge in [0, 0.05) is 31.9 Å². The summed E-state index contributed by atoms with van der Waals surface area (Å²) in [4.78, 5) is 23.6. The van der Waals surface area contributed by atoms with Gasteiger partial charge in [-0.25, -0.2) is 9.98 Å². The highest BCUT2D eigenvalue weighted by atomic mass is 35.5. The minimum atomic E-state index is -0.140. The van der Waals surface area contributed by atoms with Gasteiger partial charge in [-0.2, -0.15) is 0 Å². The predicted molar refractivity (Wildman–Crippen MR) is 139 cm³/mol. The molecule has 3 rings (SSSR count). The largest absolute Gasteiger partial charge is 0.366 e. The fourth-order valence-corrected chi connectivity index (χ4v) is 3.76. The summed E-state index contributed by atoms with van der Waals surface area (Å²) in [6.07, 6.45) is 2.57. The monoisotopic (exact) mass is 492 g/mol. The number of carbonyl (C=O) groups is 1. The van der Waals surface area contributed by atoms with Crippen molar-refractivity contribution < 1.29 is 4.79 Å². The van der Waals surface area contributed by atoms with E-state index in [9.17, 15) is 4.79 Å². The lowest BCUT2D eigenvalue weighted by molar-refractivity contribution is 0.0946. The molecule has 0 spiro atoms. The van der Waals surface area contributed by atoms with E-state index in [2.05, 4.69) is 48.2 Å². The molecule has 0 saturated heterocycles. The van der Waals surface area contributed by atoms with E-state index < -0.39 is 0 Å². The molecule has 1 aromatic heterocycles. The highest BCUT2D eigenvalue weighted by Gasteiger charge is 2.12. The summed E-state index contributed by atoms with van der Waals surface area (Å²) >= 11 is 1.52. The summed E-state index contributed by atoms with van der Waals surface area (Å²) in [5.74, 6) is -0.140. The van der Waals surface area contributed by atoms with Crippen LogP contribution in [0.15, 0.2) is 52.8 Å². The Labute approximate surface area is 206 Å². The van der Waals surface area contributed by atoms with Crippen LogP contribution in [0.1, 0.15) is 44.7 Å². The summed E-state index contributed by atoms with van der Waals surface area (Å²) in [6.45, 7) is 7.69. The molecule has 0 saturated carbocycles. The van der Waals surface area contributed by atoms with Gasteiger partial charge in [0.05, 0.1) is 17.0 Å². The quantitative estimate of drug-likeness (QED) is 0.322. The Morgan fingerprint density at radius 3 is 2.56 bits per heavy atom. The molecule has 0 unspecified atom stereocenters. The number of carbonyl (C=O) groups excluding carboxylic acids is 1. The van der Waals surface area contributed by atoms with Crippen LogP contribution >= 0.6 is 36.2 Å². The van der Waals surface area contributed by atoms with Gasteiger partial charge in [-0.3, -0.25) is 4.79 Å². The minimum absolute atomic E-state index is 0. The maximum absolute atomic E-state index is 12.4. The second-order valence-corrected chi connectivity index (χ2v) is 8.30. The van der Waals surface area contributed by atoms with Crippen LogP contribution in [0.2, 0.25) is 0 Å². The standard InChI is InChI=1S/C24H28N4OS.2ClH/c1-5-28(4)16-26-21-12-17(2)20(11-18(21)3)13-23-27-22(15-30-23)24(29)25-14-19-9-7-6-8-10-19;;/h6-12,15-16H,5,13-14H2,1-4H3,(H,25,29);2*1H/b26-16+;;. The molecule has 2 aromatic carbocycles. The smallest absolute Gasteiger partial charge is 0.271 e. The van der Waals surface area contributed by atoms with Crippen LogP contribution in [-0.2, 0) is 13.0 Å². The van der Waals surface area contributed by atoms with Crippen molar-refractivity contribution in [3.63, 3.8) is 0 Å². The van der Waals surface area contributed by atoms with Crippen molar-refractivity contribution in [2.45, 2.75) is 33.7 Å². The summed E-state index contributed by atoms with van der Waals surface area (Å²) in [7, 11) is 2.01. The fraction of sp³-hybridized carbons (Fsp3) is 0.292. The average molecular weight is 494 g/mol. The second-order valence-electron chi connectivity index (χ2n) is 7.35. The third kappa shape index (κ3) is 7.62. The Hall–Kier alpha value is -2.41. The molecule has 0 aliphatic heterocycles. The summed E-state index contributed by atoms with van der Waals surface area (Å²) in [5, 5.41) is 5.70. The number of halogens is 2. The van der Waals surface area contributed by atoms with E-state index in [1.54, 1.807) is 0 Å². The zero-order valence-electron chi connectivity index (χ0n) is 18.8. The van der Waals surface area contributed by atoms with Gasteiger partial charge in [-0.15, -0.1) is 36.2 Å². The van der Waals surface area contributed by atoms with Crippen molar-refractivity contribution in [3.05, 3.63) is 80.8 Å². The van der Waals surface area contributed by atoms with Crippen molar-refractivity contribution in [1.29, 1.82) is 0 Å². The number of aryl methyl sites for hydroxylation is 2. The van der Waals surface area contributed by atoms with Crippen LogP contribution < -0.4 is 5.32 Å². The van der Waals surface area contributed by atoms with Gasteiger partial charge in [0.2, 0.25) is 0 Å². The molecule has 1 amide bonds. The molecule has 172 valence electrons. The SMILES string of the molecule is CCN(C)/C=N/c1cc(C)c(Cc2nc(C(=O)NCc3ccccc3)cs2)cc1C.Cl.Cl. The highest BCUT2D eigenvalue weighted by Crippen LogP contribution is 2.26. The Morgan fingerprint density at radius 2 is 1.88 bits per heavy atom. The van der Waals surface area contributed by atoms with Crippen LogP contribution in [0.3, 0.4) is 0 Å². The van der Waals surface area contributed by atoms with Crippen LogP contribution in [0.4, 0.5) is 5.69 Å². The summed E-state index contributed by atoms with van der Waals surface area (Å²) in [5.41, 5.74) is 6.05. The number of hydrogen-bond donors (Lipinski definition) is 1. The molecule has 0 aliphatic carbocycles. The number of aromatic nitrogens is 1. The van der Waals surface area contributed by atoms with Gasteiger partial charge in [0.1, 0.15) is 5.69 Å². The second kappa shape index (κ2) is 13.2. The van der Waals surface area contributed by atoms with Crippen molar-refractivity contribution in [2.75, 3.05) is 13.6 Å². The van der Waals surface area contributed by atoms with Gasteiger partial charge < -0.3 is 10.2 Å².